The molecule has 19 heavy (non-hydrogen) atoms. The Kier molecular flexibility index (Phi) is 3.70. The zero-order valence-electron chi connectivity index (χ0n) is 10.9. The number of rotatable bonds is 2. The molecule has 1 N–H and O–H groups in total. The zero-order valence-corrected chi connectivity index (χ0v) is 10.9. The zero-order chi connectivity index (χ0) is 12.9. The first kappa shape index (κ1) is 12.1. The van der Waals surface area contributed by atoms with Crippen LogP contribution in [0.4, 0.5) is 5.69 Å². The van der Waals surface area contributed by atoms with Crippen LogP contribution < -0.4 is 10.2 Å². The Morgan fingerprint density at radius 2 is 1.84 bits per heavy atom. The highest BCUT2D eigenvalue weighted by Crippen LogP contribution is 2.23. The van der Waals surface area contributed by atoms with Crippen molar-refractivity contribution in [1.82, 2.24) is 15.3 Å². The predicted molar refractivity (Wildman–Crippen MR) is 77.2 cm³/mol. The number of hydrogen-bond acceptors (Lipinski definition) is 4. The largest absolute Gasteiger partial charge is 0.369 e. The van der Waals surface area contributed by atoms with Crippen LogP contribution in [0.1, 0.15) is 6.42 Å². The van der Waals surface area contributed by atoms with Crippen molar-refractivity contribution in [3.05, 3.63) is 43.0 Å². The Morgan fingerprint density at radius 3 is 2.74 bits per heavy atom. The van der Waals surface area contributed by atoms with E-state index in [1.54, 1.807) is 0 Å². The van der Waals surface area contributed by atoms with Crippen molar-refractivity contribution in [3.8, 4) is 11.1 Å². The predicted octanol–water partition coefficient (Wildman–Crippen LogP) is 1.94. The van der Waals surface area contributed by atoms with Crippen LogP contribution in [0.5, 0.6) is 0 Å². The molecule has 3 rings (SSSR count). The van der Waals surface area contributed by atoms with Gasteiger partial charge >= 0.3 is 0 Å². The number of nitrogens with one attached hydrogen (secondary N) is 1. The normalized spacial score (nSPS) is 16.1. The molecule has 1 aliphatic heterocycles. The molecule has 3 heterocycles. The third kappa shape index (κ3) is 2.90. The summed E-state index contributed by atoms with van der Waals surface area (Å²) in [6.07, 6.45) is 8.68. The van der Waals surface area contributed by atoms with Crippen LogP contribution in [-0.2, 0) is 0 Å². The molecule has 0 unspecified atom stereocenters. The third-order valence-electron chi connectivity index (χ3n) is 3.44. The second-order valence-electron chi connectivity index (χ2n) is 4.76. The van der Waals surface area contributed by atoms with Crippen LogP contribution in [0.15, 0.2) is 43.0 Å². The van der Waals surface area contributed by atoms with Gasteiger partial charge in [0, 0.05) is 43.8 Å². The molecule has 1 saturated heterocycles. The first-order valence-electron chi connectivity index (χ1n) is 6.74. The van der Waals surface area contributed by atoms with E-state index in [4.69, 9.17) is 0 Å². The molecule has 1 fully saturated rings. The van der Waals surface area contributed by atoms with Gasteiger partial charge < -0.3 is 10.2 Å². The van der Waals surface area contributed by atoms with Crippen LogP contribution in [0.2, 0.25) is 0 Å². The van der Waals surface area contributed by atoms with E-state index in [0.29, 0.717) is 0 Å². The molecular formula is C15H18N4. The van der Waals surface area contributed by atoms with E-state index in [0.717, 1.165) is 37.3 Å². The van der Waals surface area contributed by atoms with Gasteiger partial charge in [0.15, 0.2) is 0 Å². The lowest BCUT2D eigenvalue weighted by atomic mass is 10.1. The molecule has 2 aromatic heterocycles. The second kappa shape index (κ2) is 5.80. The van der Waals surface area contributed by atoms with Gasteiger partial charge in [-0.1, -0.05) is 0 Å². The summed E-state index contributed by atoms with van der Waals surface area (Å²) in [4.78, 5) is 10.8. The molecule has 0 spiro atoms. The average molecular weight is 254 g/mol. The fourth-order valence-corrected chi connectivity index (χ4v) is 2.41. The minimum atomic E-state index is 1.04. The molecule has 4 nitrogen and oxygen atoms in total. The van der Waals surface area contributed by atoms with E-state index in [1.165, 1.54) is 12.1 Å². The highest BCUT2D eigenvalue weighted by molar-refractivity contribution is 5.66. The standard InChI is InChI=1S/C15H18N4/c1-4-16-7-9-19(8-1)15-10-14(11-18-12-15)13-2-5-17-6-3-13/h2-3,5-6,10-12,16H,1,4,7-9H2. The summed E-state index contributed by atoms with van der Waals surface area (Å²) in [5.74, 6) is 0. The van der Waals surface area contributed by atoms with Crippen LogP contribution in [0, 0.1) is 0 Å². The monoisotopic (exact) mass is 254 g/mol. The van der Waals surface area contributed by atoms with Crippen LogP contribution >= 0.6 is 0 Å². The Bertz CT molecular complexity index is 519. The van der Waals surface area contributed by atoms with E-state index in [-0.39, 0.29) is 0 Å². The number of pyridine rings is 2. The summed E-state index contributed by atoms with van der Waals surface area (Å²) in [7, 11) is 0. The lowest BCUT2D eigenvalue weighted by Crippen LogP contribution is -2.27. The molecule has 0 saturated carbocycles. The van der Waals surface area contributed by atoms with Gasteiger partial charge in [0.05, 0.1) is 11.9 Å². The van der Waals surface area contributed by atoms with Gasteiger partial charge in [-0.15, -0.1) is 0 Å². The molecule has 0 atom stereocenters. The Labute approximate surface area is 113 Å². The molecule has 0 bridgehead atoms. The van der Waals surface area contributed by atoms with E-state index in [1.807, 2.05) is 36.9 Å². The summed E-state index contributed by atoms with van der Waals surface area (Å²) in [6.45, 7) is 4.28. The van der Waals surface area contributed by atoms with Gasteiger partial charge in [-0.25, -0.2) is 0 Å². The smallest absolute Gasteiger partial charge is 0.0559 e. The lowest BCUT2D eigenvalue weighted by Gasteiger charge is -2.22. The minimum absolute atomic E-state index is 1.04. The summed E-state index contributed by atoms with van der Waals surface area (Å²) in [5, 5.41) is 3.42. The summed E-state index contributed by atoms with van der Waals surface area (Å²) >= 11 is 0. The molecule has 1 aliphatic rings. The Hall–Kier alpha value is -1.94. The van der Waals surface area contributed by atoms with Crippen molar-refractivity contribution in [3.63, 3.8) is 0 Å². The second-order valence-corrected chi connectivity index (χ2v) is 4.76. The molecule has 0 amide bonds. The fourth-order valence-electron chi connectivity index (χ4n) is 2.41. The maximum atomic E-state index is 4.38. The maximum absolute atomic E-state index is 4.38. The van der Waals surface area contributed by atoms with Gasteiger partial charge in [-0.05, 0) is 36.7 Å². The van der Waals surface area contributed by atoms with Crippen LogP contribution in [0.25, 0.3) is 11.1 Å². The van der Waals surface area contributed by atoms with E-state index in [2.05, 4.69) is 26.3 Å². The number of nitrogens with zero attached hydrogens (tertiary/aromatic N) is 3. The average Bonchev–Trinajstić information content (AvgIpc) is 2.77. The van der Waals surface area contributed by atoms with Crippen molar-refractivity contribution in [2.45, 2.75) is 6.42 Å². The van der Waals surface area contributed by atoms with Gasteiger partial charge in [-0.3, -0.25) is 9.97 Å². The van der Waals surface area contributed by atoms with Crippen molar-refractivity contribution < 1.29 is 0 Å². The van der Waals surface area contributed by atoms with Crippen LogP contribution in [-0.4, -0.2) is 36.1 Å². The fraction of sp³-hybridized carbons (Fsp3) is 0.333. The van der Waals surface area contributed by atoms with Gasteiger partial charge in [-0.2, -0.15) is 0 Å². The molecule has 0 radical (unpaired) electrons. The molecule has 0 aliphatic carbocycles. The number of hydrogen-bond donors (Lipinski definition) is 1. The van der Waals surface area contributed by atoms with Crippen molar-refractivity contribution >= 4 is 5.69 Å². The first-order valence-corrected chi connectivity index (χ1v) is 6.74. The quantitative estimate of drug-likeness (QED) is 0.889. The van der Waals surface area contributed by atoms with Crippen LogP contribution in [0.3, 0.4) is 0 Å². The maximum Gasteiger partial charge on any atom is 0.0559 e. The molecular weight excluding hydrogens is 236 g/mol. The molecule has 0 aromatic carbocycles. The molecule has 4 heteroatoms. The van der Waals surface area contributed by atoms with E-state index < -0.39 is 0 Å². The topological polar surface area (TPSA) is 41.1 Å². The first-order chi connectivity index (χ1) is 9.43. The van der Waals surface area contributed by atoms with Gasteiger partial charge in [0.2, 0.25) is 0 Å². The third-order valence-corrected chi connectivity index (χ3v) is 3.44. The Morgan fingerprint density at radius 1 is 0.947 bits per heavy atom. The van der Waals surface area contributed by atoms with E-state index >= 15 is 0 Å². The molecule has 98 valence electrons. The van der Waals surface area contributed by atoms with Crippen molar-refractivity contribution in [2.24, 2.45) is 0 Å². The highest BCUT2D eigenvalue weighted by Gasteiger charge is 2.10. The molecule has 2 aromatic rings. The lowest BCUT2D eigenvalue weighted by molar-refractivity contribution is 0.724. The Balaban J connectivity index is 1.87. The van der Waals surface area contributed by atoms with E-state index in [9.17, 15) is 0 Å². The number of aromatic nitrogens is 2. The van der Waals surface area contributed by atoms with Gasteiger partial charge in [0.25, 0.3) is 0 Å². The highest BCUT2D eigenvalue weighted by atomic mass is 15.2. The van der Waals surface area contributed by atoms with Gasteiger partial charge in [0.1, 0.15) is 0 Å². The van der Waals surface area contributed by atoms with Crippen molar-refractivity contribution in [1.29, 1.82) is 0 Å². The SMILES string of the molecule is c1cc(-c2cncc(N3CCCNCC3)c2)ccn1. The minimum Gasteiger partial charge on any atom is -0.369 e. The summed E-state index contributed by atoms with van der Waals surface area (Å²) < 4.78 is 0. The summed E-state index contributed by atoms with van der Waals surface area (Å²) in [5.41, 5.74) is 3.52. The van der Waals surface area contributed by atoms with Crippen molar-refractivity contribution in [2.75, 3.05) is 31.1 Å². The number of anilines is 1. The summed E-state index contributed by atoms with van der Waals surface area (Å²) in [6, 6.07) is 6.25.